The van der Waals surface area contributed by atoms with Crippen LogP contribution < -0.4 is 9.47 Å². The number of nitrogens with zero attached hydrogens (tertiary/aromatic N) is 2. The number of aldehydes is 2. The van der Waals surface area contributed by atoms with Crippen LogP contribution >= 0.6 is 11.6 Å². The Morgan fingerprint density at radius 3 is 2.24 bits per heavy atom. The second-order valence-corrected chi connectivity index (χ2v) is 9.36. The number of benzene rings is 2. The number of hydrogen-bond acceptors (Lipinski definition) is 6. The third kappa shape index (κ3) is 4.48. The molecule has 6 nitrogen and oxygen atoms in total. The third-order valence-corrected chi connectivity index (χ3v) is 7.23. The first-order valence-electron chi connectivity index (χ1n) is 12.1. The van der Waals surface area contributed by atoms with Crippen molar-refractivity contribution in [3.8, 4) is 34.1 Å². The van der Waals surface area contributed by atoms with Crippen LogP contribution in [-0.4, -0.2) is 36.8 Å². The number of fused-ring (bicyclic) bond motifs is 1. The number of hydrogen-bond donors (Lipinski definition) is 0. The summed E-state index contributed by atoms with van der Waals surface area (Å²) in [7, 11) is 3.00. The number of carbonyl (C=O) groups is 2. The second kappa shape index (κ2) is 10.6. The summed E-state index contributed by atoms with van der Waals surface area (Å²) in [6.45, 7) is 1.85. The van der Waals surface area contributed by atoms with Gasteiger partial charge in [0.15, 0.2) is 12.6 Å². The standard InChI is InChI=1S/C31H25ClN2O4/c1-18-14-28(34-31(38-3)27(18)17-36)26-9-5-8-25(29(26)32)23-7-4-6-22-19(11-13-24(22)23)15-21-12-10-20(16-35)30(33-21)37-2/h4-10,12,14-17H,11,13H2,1-3H3. The molecule has 0 unspecified atom stereocenters. The van der Waals surface area contributed by atoms with Gasteiger partial charge in [0, 0.05) is 11.1 Å². The van der Waals surface area contributed by atoms with Gasteiger partial charge >= 0.3 is 0 Å². The minimum absolute atomic E-state index is 0.276. The van der Waals surface area contributed by atoms with E-state index in [1.807, 2.05) is 49.4 Å². The van der Waals surface area contributed by atoms with E-state index in [4.69, 9.17) is 21.1 Å². The molecule has 7 heteroatoms. The maximum atomic E-state index is 11.5. The Bertz CT molecular complexity index is 1610. The molecule has 2 heterocycles. The van der Waals surface area contributed by atoms with E-state index >= 15 is 0 Å². The molecule has 4 aromatic rings. The Balaban J connectivity index is 1.57. The van der Waals surface area contributed by atoms with Crippen LogP contribution in [0, 0.1) is 6.92 Å². The highest BCUT2D eigenvalue weighted by Gasteiger charge is 2.23. The van der Waals surface area contributed by atoms with Crippen molar-refractivity contribution in [2.75, 3.05) is 14.2 Å². The number of halogens is 1. The molecule has 0 saturated carbocycles. The average Bonchev–Trinajstić information content (AvgIpc) is 3.35. The number of rotatable bonds is 7. The van der Waals surface area contributed by atoms with Gasteiger partial charge in [-0.15, -0.1) is 0 Å². The monoisotopic (exact) mass is 524 g/mol. The van der Waals surface area contributed by atoms with E-state index in [1.165, 1.54) is 19.8 Å². The van der Waals surface area contributed by atoms with Crippen LogP contribution in [-0.2, 0) is 6.42 Å². The summed E-state index contributed by atoms with van der Waals surface area (Å²) in [6, 6.07) is 17.5. The van der Waals surface area contributed by atoms with Crippen LogP contribution in [0.1, 0.15) is 49.5 Å². The summed E-state index contributed by atoms with van der Waals surface area (Å²) < 4.78 is 10.6. The quantitative estimate of drug-likeness (QED) is 0.245. The van der Waals surface area contributed by atoms with Gasteiger partial charge in [0.05, 0.1) is 41.8 Å². The Hall–Kier alpha value is -4.29. The summed E-state index contributed by atoms with van der Waals surface area (Å²) in [5.41, 5.74) is 9.25. The van der Waals surface area contributed by atoms with Gasteiger partial charge in [-0.1, -0.05) is 48.0 Å². The fourth-order valence-electron chi connectivity index (χ4n) is 4.96. The van der Waals surface area contributed by atoms with Crippen molar-refractivity contribution in [1.82, 2.24) is 9.97 Å². The van der Waals surface area contributed by atoms with E-state index in [0.29, 0.717) is 27.7 Å². The predicted molar refractivity (Wildman–Crippen MR) is 149 cm³/mol. The molecule has 0 amide bonds. The van der Waals surface area contributed by atoms with E-state index in [-0.39, 0.29) is 5.88 Å². The summed E-state index contributed by atoms with van der Waals surface area (Å²) in [6.07, 6.45) is 5.25. The lowest BCUT2D eigenvalue weighted by atomic mass is 9.94. The van der Waals surface area contributed by atoms with E-state index in [1.54, 1.807) is 6.07 Å². The molecule has 1 aliphatic rings. The van der Waals surface area contributed by atoms with E-state index in [9.17, 15) is 9.59 Å². The lowest BCUT2D eigenvalue weighted by Gasteiger charge is -2.15. The minimum atomic E-state index is 0.276. The number of methoxy groups -OCH3 is 2. The van der Waals surface area contributed by atoms with E-state index in [2.05, 4.69) is 22.1 Å². The van der Waals surface area contributed by atoms with Crippen molar-refractivity contribution in [3.63, 3.8) is 0 Å². The third-order valence-electron chi connectivity index (χ3n) is 6.83. The normalized spacial score (nSPS) is 13.3. The Kier molecular flexibility index (Phi) is 7.07. The zero-order chi connectivity index (χ0) is 26.8. The van der Waals surface area contributed by atoms with Crippen LogP contribution in [0.15, 0.2) is 54.6 Å². The number of carbonyl (C=O) groups excluding carboxylic acids is 2. The Labute approximate surface area is 225 Å². The highest BCUT2D eigenvalue weighted by Crippen LogP contribution is 2.43. The first kappa shape index (κ1) is 25.4. The zero-order valence-electron chi connectivity index (χ0n) is 21.2. The van der Waals surface area contributed by atoms with Gasteiger partial charge in [-0.2, -0.15) is 0 Å². The first-order valence-corrected chi connectivity index (χ1v) is 12.5. The number of aromatic nitrogens is 2. The van der Waals surface area contributed by atoms with Crippen molar-refractivity contribution in [2.24, 2.45) is 0 Å². The van der Waals surface area contributed by atoms with Crippen molar-refractivity contribution < 1.29 is 19.1 Å². The van der Waals surface area contributed by atoms with Gasteiger partial charge in [0.2, 0.25) is 11.8 Å². The predicted octanol–water partition coefficient (Wildman–Crippen LogP) is 6.90. The number of pyridine rings is 2. The molecule has 0 radical (unpaired) electrons. The molecular formula is C31H25ClN2O4. The van der Waals surface area contributed by atoms with Crippen molar-refractivity contribution in [2.45, 2.75) is 19.8 Å². The van der Waals surface area contributed by atoms with Gasteiger partial charge in [-0.05, 0) is 71.9 Å². The highest BCUT2D eigenvalue weighted by atomic mass is 35.5. The molecule has 0 aliphatic heterocycles. The molecule has 190 valence electrons. The maximum Gasteiger partial charge on any atom is 0.224 e. The SMILES string of the molecule is COc1nc(C=C2CCc3c2cccc3-c2cccc(-c3cc(C)c(C=O)c(OC)n3)c2Cl)ccc1C=O. The fraction of sp³-hybridized carbons (Fsp3) is 0.161. The van der Waals surface area contributed by atoms with Crippen LogP contribution in [0.4, 0.5) is 0 Å². The molecule has 2 aromatic heterocycles. The van der Waals surface area contributed by atoms with Gasteiger partial charge in [0.25, 0.3) is 0 Å². The first-order chi connectivity index (χ1) is 18.5. The maximum absolute atomic E-state index is 11.5. The molecule has 0 atom stereocenters. The van der Waals surface area contributed by atoms with E-state index in [0.717, 1.165) is 64.5 Å². The zero-order valence-corrected chi connectivity index (χ0v) is 22.0. The number of allylic oxidation sites excluding steroid dienone is 1. The molecule has 1 aliphatic carbocycles. The Morgan fingerprint density at radius 1 is 0.816 bits per heavy atom. The molecule has 0 N–H and O–H groups in total. The molecule has 0 fully saturated rings. The van der Waals surface area contributed by atoms with Crippen LogP contribution in [0.2, 0.25) is 5.02 Å². The van der Waals surface area contributed by atoms with Gasteiger partial charge in [0.1, 0.15) is 0 Å². The number of aryl methyl sites for hydroxylation is 1. The molecule has 0 saturated heterocycles. The minimum Gasteiger partial charge on any atom is -0.480 e. The molecule has 0 spiro atoms. The lowest BCUT2D eigenvalue weighted by molar-refractivity contribution is 0.111. The molecule has 5 rings (SSSR count). The average molecular weight is 525 g/mol. The van der Waals surface area contributed by atoms with Gasteiger partial charge < -0.3 is 9.47 Å². The smallest absolute Gasteiger partial charge is 0.224 e. The lowest BCUT2D eigenvalue weighted by Crippen LogP contribution is -1.99. The second-order valence-electron chi connectivity index (χ2n) is 8.99. The molecular weight excluding hydrogens is 500 g/mol. The molecule has 0 bridgehead atoms. The topological polar surface area (TPSA) is 78.4 Å². The van der Waals surface area contributed by atoms with Crippen LogP contribution in [0.25, 0.3) is 34.0 Å². The molecule has 2 aromatic carbocycles. The largest absolute Gasteiger partial charge is 0.480 e. The summed E-state index contributed by atoms with van der Waals surface area (Å²) in [4.78, 5) is 31.8. The van der Waals surface area contributed by atoms with Crippen molar-refractivity contribution in [1.29, 1.82) is 0 Å². The van der Waals surface area contributed by atoms with Crippen LogP contribution in [0.3, 0.4) is 0 Å². The van der Waals surface area contributed by atoms with Crippen molar-refractivity contribution in [3.05, 3.63) is 93.1 Å². The summed E-state index contributed by atoms with van der Waals surface area (Å²) >= 11 is 7.01. The summed E-state index contributed by atoms with van der Waals surface area (Å²) in [5.74, 6) is 0.588. The molecule has 38 heavy (non-hydrogen) atoms. The Morgan fingerprint density at radius 2 is 1.53 bits per heavy atom. The number of ether oxygens (including phenoxy) is 2. The van der Waals surface area contributed by atoms with Gasteiger partial charge in [-0.25, -0.2) is 9.97 Å². The van der Waals surface area contributed by atoms with Crippen molar-refractivity contribution >= 4 is 35.8 Å². The highest BCUT2D eigenvalue weighted by molar-refractivity contribution is 6.36. The van der Waals surface area contributed by atoms with Crippen LogP contribution in [0.5, 0.6) is 11.8 Å². The van der Waals surface area contributed by atoms with E-state index < -0.39 is 0 Å². The van der Waals surface area contributed by atoms with Gasteiger partial charge in [-0.3, -0.25) is 9.59 Å². The fourth-order valence-corrected chi connectivity index (χ4v) is 5.28. The summed E-state index contributed by atoms with van der Waals surface area (Å²) in [5, 5.41) is 0.585.